The van der Waals surface area contributed by atoms with Crippen LogP contribution in [-0.4, -0.2) is 30.0 Å². The Balaban J connectivity index is 1.75. The first-order chi connectivity index (χ1) is 11.9. The molecule has 0 amide bonds. The van der Waals surface area contributed by atoms with Crippen molar-refractivity contribution in [3.05, 3.63) is 51.8 Å². The van der Waals surface area contributed by atoms with Crippen LogP contribution in [0, 0.1) is 13.8 Å². The summed E-state index contributed by atoms with van der Waals surface area (Å²) in [4.78, 5) is 24.3. The number of nitrogens with zero attached hydrogens (tertiary/aromatic N) is 1. The van der Waals surface area contributed by atoms with E-state index < -0.39 is 5.97 Å². The van der Waals surface area contributed by atoms with Crippen LogP contribution in [0.25, 0.3) is 0 Å². The largest absolute Gasteiger partial charge is 0.465 e. The van der Waals surface area contributed by atoms with Crippen molar-refractivity contribution in [3.8, 4) is 0 Å². The maximum atomic E-state index is 12.6. The van der Waals surface area contributed by atoms with Crippen molar-refractivity contribution in [2.24, 2.45) is 0 Å². The van der Waals surface area contributed by atoms with E-state index in [9.17, 15) is 9.59 Å². The number of anilines is 1. The van der Waals surface area contributed by atoms with Crippen LogP contribution in [0.5, 0.6) is 0 Å². The van der Waals surface area contributed by atoms with Gasteiger partial charge in [0, 0.05) is 23.0 Å². The average Bonchev–Trinajstić information content (AvgIpc) is 3.38. The number of ketones is 1. The minimum absolute atomic E-state index is 0.000428. The van der Waals surface area contributed by atoms with Crippen LogP contribution in [0.2, 0.25) is 5.02 Å². The number of halogens is 1. The summed E-state index contributed by atoms with van der Waals surface area (Å²) in [5.74, 6) is -0.446. The van der Waals surface area contributed by atoms with Gasteiger partial charge < -0.3 is 14.6 Å². The average molecular weight is 361 g/mol. The molecule has 0 saturated heterocycles. The zero-order chi connectivity index (χ0) is 18.1. The van der Waals surface area contributed by atoms with Gasteiger partial charge in [-0.1, -0.05) is 11.6 Å². The number of nitrogens with one attached hydrogen (secondary N) is 1. The van der Waals surface area contributed by atoms with Gasteiger partial charge in [-0.15, -0.1) is 0 Å². The van der Waals surface area contributed by atoms with Crippen molar-refractivity contribution in [2.75, 3.05) is 19.0 Å². The molecule has 132 valence electrons. The maximum absolute atomic E-state index is 12.6. The molecule has 1 saturated carbocycles. The lowest BCUT2D eigenvalue weighted by molar-refractivity contribution is 0.0600. The molecule has 2 aromatic rings. The number of methoxy groups -OCH3 is 1. The highest BCUT2D eigenvalue weighted by atomic mass is 35.5. The fraction of sp³-hybridized carbons (Fsp3) is 0.368. The van der Waals surface area contributed by atoms with Crippen LogP contribution in [0.1, 0.15) is 51.0 Å². The maximum Gasteiger partial charge on any atom is 0.337 e. The SMILES string of the molecule is COC(=O)c1ccc(Cl)c(NCC(=O)c2cc(C)n(C3CC3)c2C)c1. The zero-order valence-electron chi connectivity index (χ0n) is 14.6. The lowest BCUT2D eigenvalue weighted by atomic mass is 10.1. The number of carbonyl (C=O) groups excluding carboxylic acids is 2. The molecular weight excluding hydrogens is 340 g/mol. The van der Waals surface area contributed by atoms with Gasteiger partial charge in [0.15, 0.2) is 5.78 Å². The summed E-state index contributed by atoms with van der Waals surface area (Å²) in [6.45, 7) is 4.13. The normalized spacial score (nSPS) is 13.6. The highest BCUT2D eigenvalue weighted by Gasteiger charge is 2.28. The van der Waals surface area contributed by atoms with Crippen LogP contribution in [0.15, 0.2) is 24.3 Å². The van der Waals surface area contributed by atoms with Crippen molar-refractivity contribution in [1.29, 1.82) is 0 Å². The molecule has 5 nitrogen and oxygen atoms in total. The second-order valence-corrected chi connectivity index (χ2v) is 6.76. The van der Waals surface area contributed by atoms with Gasteiger partial charge in [-0.3, -0.25) is 4.79 Å². The summed E-state index contributed by atoms with van der Waals surface area (Å²) in [6.07, 6.45) is 2.36. The van der Waals surface area contributed by atoms with Crippen LogP contribution in [-0.2, 0) is 4.74 Å². The summed E-state index contributed by atoms with van der Waals surface area (Å²) in [6, 6.07) is 7.28. The predicted octanol–water partition coefficient (Wildman–Crippen LogP) is 4.17. The number of aryl methyl sites for hydroxylation is 1. The van der Waals surface area contributed by atoms with Gasteiger partial charge >= 0.3 is 5.97 Å². The molecule has 6 heteroatoms. The minimum Gasteiger partial charge on any atom is -0.465 e. The fourth-order valence-corrected chi connectivity index (χ4v) is 3.31. The Morgan fingerprint density at radius 1 is 1.28 bits per heavy atom. The molecule has 0 bridgehead atoms. The Kier molecular flexibility index (Phi) is 4.86. The number of esters is 1. The molecule has 0 aliphatic heterocycles. The van der Waals surface area contributed by atoms with Gasteiger partial charge in [0.2, 0.25) is 0 Å². The summed E-state index contributed by atoms with van der Waals surface area (Å²) < 4.78 is 6.95. The lowest BCUT2D eigenvalue weighted by Crippen LogP contribution is -2.15. The Labute approximate surface area is 151 Å². The van der Waals surface area contributed by atoms with E-state index in [1.165, 1.54) is 20.0 Å². The van der Waals surface area contributed by atoms with Crippen LogP contribution < -0.4 is 5.32 Å². The van der Waals surface area contributed by atoms with Gasteiger partial charge in [-0.25, -0.2) is 4.79 Å². The first-order valence-corrected chi connectivity index (χ1v) is 8.63. The second-order valence-electron chi connectivity index (χ2n) is 6.35. The molecule has 1 aliphatic rings. The van der Waals surface area contributed by atoms with Crippen molar-refractivity contribution in [3.63, 3.8) is 0 Å². The van der Waals surface area contributed by atoms with E-state index in [0.717, 1.165) is 17.0 Å². The fourth-order valence-electron chi connectivity index (χ4n) is 3.13. The van der Waals surface area contributed by atoms with E-state index in [4.69, 9.17) is 16.3 Å². The molecular formula is C19H21ClN2O3. The molecule has 0 radical (unpaired) electrons. The summed E-state index contributed by atoms with van der Waals surface area (Å²) in [5.41, 5.74) is 3.79. The van der Waals surface area contributed by atoms with Gasteiger partial charge in [0.25, 0.3) is 0 Å². The summed E-state index contributed by atoms with van der Waals surface area (Å²) >= 11 is 6.15. The number of ether oxygens (including phenoxy) is 1. The van der Waals surface area contributed by atoms with E-state index in [2.05, 4.69) is 9.88 Å². The molecule has 0 atom stereocenters. The Bertz CT molecular complexity index is 837. The van der Waals surface area contributed by atoms with E-state index in [1.807, 2.05) is 19.9 Å². The number of carbonyl (C=O) groups is 2. The first kappa shape index (κ1) is 17.5. The minimum atomic E-state index is -0.445. The predicted molar refractivity (Wildman–Crippen MR) is 97.8 cm³/mol. The third-order valence-corrected chi connectivity index (χ3v) is 4.85. The number of benzene rings is 1. The van der Waals surface area contributed by atoms with E-state index in [-0.39, 0.29) is 12.3 Å². The third kappa shape index (κ3) is 3.56. The topological polar surface area (TPSA) is 60.3 Å². The molecule has 25 heavy (non-hydrogen) atoms. The molecule has 1 aliphatic carbocycles. The van der Waals surface area contributed by atoms with Crippen LogP contribution >= 0.6 is 11.6 Å². The quantitative estimate of drug-likeness (QED) is 0.620. The number of rotatable bonds is 6. The van der Waals surface area contributed by atoms with Gasteiger partial charge in [0.1, 0.15) is 0 Å². The Morgan fingerprint density at radius 2 is 2.00 bits per heavy atom. The molecule has 1 N–H and O–H groups in total. The molecule has 1 fully saturated rings. The standard InChI is InChI=1S/C19H21ClN2O3/c1-11-8-15(12(2)22(11)14-5-6-14)18(23)10-21-17-9-13(19(24)25-3)4-7-16(17)20/h4,7-9,14,21H,5-6,10H2,1-3H3. The van der Waals surface area contributed by atoms with E-state index in [0.29, 0.717) is 22.3 Å². The third-order valence-electron chi connectivity index (χ3n) is 4.52. The molecule has 1 aromatic carbocycles. The smallest absolute Gasteiger partial charge is 0.337 e. The Hall–Kier alpha value is -2.27. The lowest BCUT2D eigenvalue weighted by Gasteiger charge is -2.10. The number of aromatic nitrogens is 1. The zero-order valence-corrected chi connectivity index (χ0v) is 15.3. The monoisotopic (exact) mass is 360 g/mol. The molecule has 0 unspecified atom stereocenters. The van der Waals surface area contributed by atoms with Crippen LogP contribution in [0.4, 0.5) is 5.69 Å². The van der Waals surface area contributed by atoms with Gasteiger partial charge in [-0.05, 0) is 51.0 Å². The molecule has 1 heterocycles. The van der Waals surface area contributed by atoms with Crippen molar-refractivity contribution >= 4 is 29.0 Å². The van der Waals surface area contributed by atoms with E-state index >= 15 is 0 Å². The number of Topliss-reactive ketones (excluding diaryl/α,β-unsaturated/α-hetero) is 1. The van der Waals surface area contributed by atoms with Crippen molar-refractivity contribution < 1.29 is 14.3 Å². The highest BCUT2D eigenvalue weighted by Crippen LogP contribution is 2.38. The molecule has 0 spiro atoms. The molecule has 3 rings (SSSR count). The van der Waals surface area contributed by atoms with Gasteiger partial charge in [-0.2, -0.15) is 0 Å². The Morgan fingerprint density at radius 3 is 2.64 bits per heavy atom. The number of hydrogen-bond acceptors (Lipinski definition) is 4. The van der Waals surface area contributed by atoms with Crippen molar-refractivity contribution in [2.45, 2.75) is 32.7 Å². The number of hydrogen-bond donors (Lipinski definition) is 1. The van der Waals surface area contributed by atoms with E-state index in [1.54, 1.807) is 18.2 Å². The van der Waals surface area contributed by atoms with Crippen molar-refractivity contribution in [1.82, 2.24) is 4.57 Å². The summed E-state index contributed by atoms with van der Waals surface area (Å²) in [7, 11) is 1.32. The van der Waals surface area contributed by atoms with Crippen LogP contribution in [0.3, 0.4) is 0 Å². The second kappa shape index (κ2) is 6.92. The molecule has 1 aromatic heterocycles. The first-order valence-electron chi connectivity index (χ1n) is 8.25. The summed E-state index contributed by atoms with van der Waals surface area (Å²) in [5, 5.41) is 3.48. The highest BCUT2D eigenvalue weighted by molar-refractivity contribution is 6.33. The van der Waals surface area contributed by atoms with Gasteiger partial charge in [0.05, 0.1) is 29.9 Å².